The zero-order chi connectivity index (χ0) is 55.5. The van der Waals surface area contributed by atoms with E-state index in [0.29, 0.717) is 39.1 Å². The van der Waals surface area contributed by atoms with Gasteiger partial charge in [-0.3, -0.25) is 0 Å². The second-order valence-electron chi connectivity index (χ2n) is 23.8. The first-order valence-corrected chi connectivity index (χ1v) is 26.2. The number of nitrogens with zero attached hydrogens (tertiary/aromatic N) is 4. The predicted octanol–water partition coefficient (Wildman–Crippen LogP) is 18.9. The predicted molar refractivity (Wildman–Crippen MR) is 313 cm³/mol. The molecule has 5 nitrogen and oxygen atoms in total. The van der Waals surface area contributed by atoms with Gasteiger partial charge >= 0.3 is 0 Å². The molecule has 0 radical (unpaired) electrons. The number of anilines is 4. The van der Waals surface area contributed by atoms with E-state index in [4.69, 9.17) is 15.2 Å². The first-order valence-electron chi connectivity index (χ1n) is 28.2. The molecule has 2 aromatic heterocycles. The minimum atomic E-state index is -0.311. The van der Waals surface area contributed by atoms with Crippen LogP contribution in [0.2, 0.25) is 0 Å². The molecule has 0 unspecified atom stereocenters. The number of fused-ring (bicyclic) bond motifs is 5. The Hall–Kier alpha value is -7.20. The van der Waals surface area contributed by atoms with E-state index in [0.717, 1.165) is 57.8 Å². The van der Waals surface area contributed by atoms with Crippen LogP contribution in [0.15, 0.2) is 182 Å². The molecule has 3 heterocycles. The minimum absolute atomic E-state index is 0. The van der Waals surface area contributed by atoms with E-state index in [2.05, 4.69) is 207 Å². The third kappa shape index (κ3) is 9.15. The molecule has 0 spiro atoms. The van der Waals surface area contributed by atoms with Gasteiger partial charge in [-0.1, -0.05) is 190 Å². The fourth-order valence-electron chi connectivity index (χ4n) is 11.2. The molecule has 76 heavy (non-hydrogen) atoms. The number of pyridine rings is 1. The van der Waals surface area contributed by atoms with E-state index in [1.807, 2.05) is 36.4 Å². The number of para-hydroxylation sites is 4. The maximum absolute atomic E-state index is 9.11. The van der Waals surface area contributed by atoms with Crippen LogP contribution in [0, 0.1) is 18.8 Å². The summed E-state index contributed by atoms with van der Waals surface area (Å²) in [4.78, 5) is 9.27. The van der Waals surface area contributed by atoms with Gasteiger partial charge < -0.3 is 19.1 Å². The van der Waals surface area contributed by atoms with Crippen molar-refractivity contribution in [1.29, 1.82) is 0 Å². The van der Waals surface area contributed by atoms with Crippen LogP contribution < -0.4 is 14.5 Å². The Morgan fingerprint density at radius 1 is 0.566 bits per heavy atom. The fourth-order valence-corrected chi connectivity index (χ4v) is 11.2. The molecule has 0 saturated heterocycles. The van der Waals surface area contributed by atoms with Crippen molar-refractivity contribution in [3.8, 4) is 50.7 Å². The van der Waals surface area contributed by atoms with Crippen LogP contribution >= 0.6 is 0 Å². The Balaban J connectivity index is 0.00000675. The summed E-state index contributed by atoms with van der Waals surface area (Å²) in [6, 6.07) is 60.0. The Labute approximate surface area is 470 Å². The van der Waals surface area contributed by atoms with Crippen LogP contribution in [0.3, 0.4) is 0 Å². The summed E-state index contributed by atoms with van der Waals surface area (Å²) in [5, 5.41) is 1.01. The van der Waals surface area contributed by atoms with E-state index >= 15 is 0 Å². The molecule has 384 valence electrons. The van der Waals surface area contributed by atoms with Gasteiger partial charge in [0.05, 0.1) is 5.48 Å². The molecule has 10 aromatic rings. The third-order valence-corrected chi connectivity index (χ3v) is 15.7. The molecule has 12 rings (SSSR count). The van der Waals surface area contributed by atoms with Gasteiger partial charge in [0, 0.05) is 72.5 Å². The van der Waals surface area contributed by atoms with Crippen molar-refractivity contribution >= 4 is 44.6 Å². The average Bonchev–Trinajstić information content (AvgIpc) is 4.00. The number of aromatic nitrogens is 2. The maximum atomic E-state index is 9.11. The molecular weight excluding hydrogens is 1110 g/mol. The third-order valence-electron chi connectivity index (χ3n) is 15.7. The molecule has 0 N–H and O–H groups in total. The number of rotatable bonds is 8. The molecule has 1 aliphatic heterocycles. The van der Waals surface area contributed by atoms with Crippen molar-refractivity contribution in [2.45, 2.75) is 104 Å². The van der Waals surface area contributed by atoms with Crippen molar-refractivity contribution in [1.82, 2.24) is 9.55 Å². The first-order chi connectivity index (χ1) is 37.6. The maximum Gasteiger partial charge on any atom is 0.135 e. The van der Waals surface area contributed by atoms with E-state index < -0.39 is 0 Å². The van der Waals surface area contributed by atoms with Crippen molar-refractivity contribution in [3.63, 3.8) is 0 Å². The second kappa shape index (κ2) is 19.1. The quantitative estimate of drug-likeness (QED) is 0.142. The summed E-state index contributed by atoms with van der Waals surface area (Å²) in [5.74, 6) is 1.38. The molecule has 0 amide bonds. The molecule has 0 saturated carbocycles. The van der Waals surface area contributed by atoms with E-state index in [1.165, 1.54) is 33.4 Å². The smallest absolute Gasteiger partial charge is 0.135 e. The molecule has 2 aliphatic rings. The molecule has 0 bridgehead atoms. The zero-order valence-corrected chi connectivity index (χ0v) is 47.3. The van der Waals surface area contributed by atoms with Crippen LogP contribution in [0.25, 0.3) is 61.0 Å². The molecule has 0 fully saturated rings. The van der Waals surface area contributed by atoms with Gasteiger partial charge in [0.1, 0.15) is 5.82 Å². The molecule has 1 aliphatic carbocycles. The zero-order valence-electron chi connectivity index (χ0n) is 49.0. The summed E-state index contributed by atoms with van der Waals surface area (Å²) in [6.45, 7) is 24.9. The van der Waals surface area contributed by atoms with Gasteiger partial charge in [-0.25, -0.2) is 4.98 Å². The minimum Gasteiger partial charge on any atom is -0.509 e. The topological polar surface area (TPSA) is 33.5 Å². The monoisotopic (exact) mass is 1180 g/mol. The number of hydrogen-bond donors (Lipinski definition) is 0. The standard InChI is InChI=1S/C70H65N4O.Pt/c1-67(2,3)50-19-15-18-48(40-50)46-28-30-47(31-29-46)55-23-17-24-56(49-32-35-59-60(41-49)70(9,10)38-37-69(59,7)8)66(55)73-45-72(62-26-13-14-27-63(62)73)52-20-16-21-53(43-52)75-54-33-34-58-57-22-11-12-25-61(57)74(64(58)44-54)65-42-51(36-39-71-65)68(4,5)6;/h11-36,39-42,45H,37-38H2,1-10H3;/q-3;/i11D,12D,22D,25D;. The van der Waals surface area contributed by atoms with Crippen LogP contribution in [-0.2, 0) is 42.7 Å². The molecular formula is C70H65N4OPt-3. The number of benzene rings is 8. The second-order valence-corrected chi connectivity index (χ2v) is 23.8. The summed E-state index contributed by atoms with van der Waals surface area (Å²) in [6.07, 6.45) is 4.01. The van der Waals surface area contributed by atoms with E-state index in [-0.39, 0.29) is 66.9 Å². The summed E-state index contributed by atoms with van der Waals surface area (Å²) in [5.41, 5.74) is 16.7. The van der Waals surface area contributed by atoms with E-state index in [9.17, 15) is 0 Å². The first kappa shape index (κ1) is 46.1. The Morgan fingerprint density at radius 2 is 1.20 bits per heavy atom. The van der Waals surface area contributed by atoms with Gasteiger partial charge in [-0.05, 0) is 115 Å². The Morgan fingerprint density at radius 3 is 1.95 bits per heavy atom. The van der Waals surface area contributed by atoms with Gasteiger partial charge in [-0.15, -0.1) is 48.1 Å². The average molecular weight is 1180 g/mol. The number of hydrogen-bond acceptors (Lipinski definition) is 4. The van der Waals surface area contributed by atoms with Crippen molar-refractivity contribution in [2.24, 2.45) is 0 Å². The largest absolute Gasteiger partial charge is 0.509 e. The van der Waals surface area contributed by atoms with Crippen molar-refractivity contribution in [2.75, 3.05) is 9.80 Å². The van der Waals surface area contributed by atoms with Gasteiger partial charge in [0.2, 0.25) is 0 Å². The molecule has 8 aromatic carbocycles. The summed E-state index contributed by atoms with van der Waals surface area (Å²) >= 11 is 0. The van der Waals surface area contributed by atoms with Gasteiger partial charge in [0.25, 0.3) is 0 Å². The van der Waals surface area contributed by atoms with Crippen molar-refractivity contribution in [3.05, 3.63) is 223 Å². The Kier molecular flexibility index (Phi) is 11.6. The Bertz CT molecular complexity index is 4070. The summed E-state index contributed by atoms with van der Waals surface area (Å²) < 4.78 is 43.9. The molecule has 6 heteroatoms. The van der Waals surface area contributed by atoms with Crippen LogP contribution in [0.4, 0.5) is 22.7 Å². The summed E-state index contributed by atoms with van der Waals surface area (Å²) in [7, 11) is 0. The van der Waals surface area contributed by atoms with Crippen LogP contribution in [-0.4, -0.2) is 9.55 Å². The van der Waals surface area contributed by atoms with Gasteiger partial charge in [-0.2, -0.15) is 12.1 Å². The van der Waals surface area contributed by atoms with Gasteiger partial charge in [0.15, 0.2) is 0 Å². The van der Waals surface area contributed by atoms with Crippen LogP contribution in [0.5, 0.6) is 11.5 Å². The van der Waals surface area contributed by atoms with Crippen LogP contribution in [0.1, 0.15) is 110 Å². The molecule has 0 atom stereocenters. The normalized spacial score (nSPS) is 15.6. The fraction of sp³-hybridized carbons (Fsp3) is 0.229. The van der Waals surface area contributed by atoms with E-state index in [1.54, 1.807) is 16.8 Å². The number of ether oxygens (including phenoxy) is 1. The van der Waals surface area contributed by atoms with Crippen molar-refractivity contribution < 1.29 is 31.3 Å². The SMILES string of the molecule is [2H]c1c([2H])c([2H])c2c(c1[2H])c1ccc(Oc3[c-]c(N4[CH-]N(c5c(-c6ccc(-c7cccc(C(C)(C)C)c7)cc6)cccc5-c5ccc6c(c5)C(C)(C)CCC6(C)C)c5ccccc54)ccc3)[c-]c1n2-c1cc(C(C)(C)C)ccn1.[Pt].